The molecule has 21 heavy (non-hydrogen) atoms. The van der Waals surface area contributed by atoms with Gasteiger partial charge in [-0.2, -0.15) is 4.31 Å². The molecule has 116 valence electrons. The number of nitrogens with zero attached hydrogens (tertiary/aromatic N) is 1. The lowest BCUT2D eigenvalue weighted by Crippen LogP contribution is -2.49. The van der Waals surface area contributed by atoms with Gasteiger partial charge in [-0.15, -0.1) is 0 Å². The van der Waals surface area contributed by atoms with Gasteiger partial charge >= 0.3 is 5.97 Å². The highest BCUT2D eigenvalue weighted by atomic mass is 35.5. The Morgan fingerprint density at radius 3 is 2.43 bits per heavy atom. The Labute approximate surface area is 133 Å². The molecule has 0 aromatic heterocycles. The first kappa shape index (κ1) is 16.5. The summed E-state index contributed by atoms with van der Waals surface area (Å²) in [5, 5.41) is 9.27. The van der Waals surface area contributed by atoms with Crippen LogP contribution in [0, 0.1) is 5.92 Å². The van der Waals surface area contributed by atoms with Crippen molar-refractivity contribution in [2.45, 2.75) is 30.7 Å². The van der Waals surface area contributed by atoms with Gasteiger partial charge in [-0.1, -0.05) is 29.3 Å². The second-order valence-electron chi connectivity index (χ2n) is 4.99. The summed E-state index contributed by atoms with van der Waals surface area (Å²) in [7, 11) is -3.93. The molecule has 0 amide bonds. The summed E-state index contributed by atoms with van der Waals surface area (Å²) in [6.45, 7) is 1.86. The second kappa shape index (κ2) is 6.12. The predicted octanol–water partition coefficient (Wildman–Crippen LogP) is 2.87. The largest absolute Gasteiger partial charge is 0.481 e. The van der Waals surface area contributed by atoms with Gasteiger partial charge in [-0.05, 0) is 31.9 Å². The highest BCUT2D eigenvalue weighted by Gasteiger charge is 2.40. The van der Waals surface area contributed by atoms with Gasteiger partial charge in [0.1, 0.15) is 4.90 Å². The van der Waals surface area contributed by atoms with Crippen molar-refractivity contribution in [3.05, 3.63) is 28.2 Å². The molecule has 1 heterocycles. The monoisotopic (exact) mass is 351 g/mol. The Morgan fingerprint density at radius 2 is 1.90 bits per heavy atom. The van der Waals surface area contributed by atoms with Crippen LogP contribution in [0.25, 0.3) is 0 Å². The van der Waals surface area contributed by atoms with Crippen LogP contribution >= 0.6 is 23.2 Å². The van der Waals surface area contributed by atoms with Crippen molar-refractivity contribution in [3.8, 4) is 0 Å². The van der Waals surface area contributed by atoms with Gasteiger partial charge in [0.25, 0.3) is 0 Å². The van der Waals surface area contributed by atoms with E-state index in [9.17, 15) is 18.3 Å². The third kappa shape index (κ3) is 3.04. The first-order chi connectivity index (χ1) is 9.76. The van der Waals surface area contributed by atoms with E-state index in [0.29, 0.717) is 12.8 Å². The van der Waals surface area contributed by atoms with Gasteiger partial charge in [0.05, 0.1) is 16.0 Å². The molecule has 0 bridgehead atoms. The predicted molar refractivity (Wildman–Crippen MR) is 80.2 cm³/mol. The van der Waals surface area contributed by atoms with Crippen LogP contribution < -0.4 is 0 Å². The van der Waals surface area contributed by atoms with Crippen LogP contribution in [0.2, 0.25) is 10.0 Å². The minimum absolute atomic E-state index is 0.0344. The number of carboxylic acid groups (broad SMARTS) is 1. The first-order valence-corrected chi connectivity index (χ1v) is 8.65. The number of rotatable bonds is 3. The molecule has 1 aliphatic rings. The van der Waals surface area contributed by atoms with Crippen molar-refractivity contribution in [2.75, 3.05) is 6.54 Å². The summed E-state index contributed by atoms with van der Waals surface area (Å²) < 4.78 is 26.7. The third-order valence-electron chi connectivity index (χ3n) is 3.73. The van der Waals surface area contributed by atoms with E-state index in [4.69, 9.17) is 23.2 Å². The van der Waals surface area contributed by atoms with Gasteiger partial charge < -0.3 is 5.11 Å². The van der Waals surface area contributed by atoms with Crippen molar-refractivity contribution in [1.29, 1.82) is 0 Å². The zero-order chi connectivity index (χ0) is 15.8. The highest BCUT2D eigenvalue weighted by Crippen LogP contribution is 2.35. The van der Waals surface area contributed by atoms with Crippen molar-refractivity contribution in [2.24, 2.45) is 5.92 Å². The van der Waals surface area contributed by atoms with E-state index in [2.05, 4.69) is 0 Å². The average Bonchev–Trinajstić information content (AvgIpc) is 2.37. The van der Waals surface area contributed by atoms with E-state index in [1.165, 1.54) is 16.4 Å². The maximum atomic E-state index is 12.8. The van der Waals surface area contributed by atoms with Crippen LogP contribution in [0.1, 0.15) is 19.8 Å². The van der Waals surface area contributed by atoms with Gasteiger partial charge in [0, 0.05) is 12.6 Å². The molecule has 1 aromatic rings. The molecule has 1 saturated heterocycles. The molecular formula is C13H15Cl2NO4S. The maximum absolute atomic E-state index is 12.8. The van der Waals surface area contributed by atoms with Crippen molar-refractivity contribution in [3.63, 3.8) is 0 Å². The zero-order valence-corrected chi connectivity index (χ0v) is 13.6. The first-order valence-electron chi connectivity index (χ1n) is 6.45. The number of piperidine rings is 1. The molecule has 5 nitrogen and oxygen atoms in total. The highest BCUT2D eigenvalue weighted by molar-refractivity contribution is 7.89. The molecule has 2 atom stereocenters. The minimum Gasteiger partial charge on any atom is -0.481 e. The lowest BCUT2D eigenvalue weighted by Gasteiger charge is -2.36. The topological polar surface area (TPSA) is 74.7 Å². The van der Waals surface area contributed by atoms with Crippen molar-refractivity contribution >= 4 is 39.2 Å². The summed E-state index contributed by atoms with van der Waals surface area (Å²) in [5.74, 6) is -1.72. The zero-order valence-electron chi connectivity index (χ0n) is 11.3. The van der Waals surface area contributed by atoms with Crippen LogP contribution in [-0.4, -0.2) is 36.4 Å². The number of aliphatic carboxylic acids is 1. The van der Waals surface area contributed by atoms with Crippen LogP contribution in [0.3, 0.4) is 0 Å². The molecule has 8 heteroatoms. The van der Waals surface area contributed by atoms with E-state index < -0.39 is 28.0 Å². The molecule has 1 aromatic carbocycles. The fourth-order valence-corrected chi connectivity index (χ4v) is 5.43. The minimum atomic E-state index is -3.93. The molecule has 1 N–H and O–H groups in total. The Balaban J connectivity index is 2.46. The molecule has 2 rings (SSSR count). The summed E-state index contributed by atoms with van der Waals surface area (Å²) in [4.78, 5) is 11.1. The Morgan fingerprint density at radius 1 is 1.33 bits per heavy atom. The molecule has 0 saturated carbocycles. The quantitative estimate of drug-likeness (QED) is 0.908. The molecule has 1 aliphatic heterocycles. The summed E-state index contributed by atoms with van der Waals surface area (Å²) in [6.07, 6.45) is 0.946. The van der Waals surface area contributed by atoms with Gasteiger partial charge in [-0.25, -0.2) is 8.42 Å². The number of benzene rings is 1. The summed E-state index contributed by atoms with van der Waals surface area (Å²) in [5.41, 5.74) is 0. The van der Waals surface area contributed by atoms with Crippen LogP contribution in [0.5, 0.6) is 0 Å². The van der Waals surface area contributed by atoms with E-state index in [1.54, 1.807) is 13.0 Å². The van der Waals surface area contributed by atoms with E-state index in [-0.39, 0.29) is 21.5 Å². The van der Waals surface area contributed by atoms with Crippen molar-refractivity contribution in [1.82, 2.24) is 4.31 Å². The molecular weight excluding hydrogens is 337 g/mol. The van der Waals surface area contributed by atoms with Crippen LogP contribution in [0.15, 0.2) is 23.1 Å². The number of halogens is 2. The Bertz CT molecular complexity index is 642. The van der Waals surface area contributed by atoms with Crippen molar-refractivity contribution < 1.29 is 18.3 Å². The van der Waals surface area contributed by atoms with E-state index in [0.717, 1.165) is 0 Å². The van der Waals surface area contributed by atoms with Crippen LogP contribution in [-0.2, 0) is 14.8 Å². The Hall–Kier alpha value is -0.820. The van der Waals surface area contributed by atoms with Gasteiger partial charge in [0.15, 0.2) is 0 Å². The average molecular weight is 352 g/mol. The van der Waals surface area contributed by atoms with E-state index in [1.807, 2.05) is 0 Å². The normalized spacial score (nSPS) is 24.0. The van der Waals surface area contributed by atoms with Crippen LogP contribution in [0.4, 0.5) is 0 Å². The number of hydrogen-bond acceptors (Lipinski definition) is 3. The SMILES string of the molecule is C[C@@H]1[C@H](C(=O)O)CCCN1S(=O)(=O)c1c(Cl)cccc1Cl. The number of carboxylic acids is 1. The van der Waals surface area contributed by atoms with E-state index >= 15 is 0 Å². The Kier molecular flexibility index (Phi) is 4.82. The smallest absolute Gasteiger partial charge is 0.308 e. The molecule has 1 fully saturated rings. The summed E-state index contributed by atoms with van der Waals surface area (Å²) in [6, 6.07) is 3.81. The number of carbonyl (C=O) groups is 1. The third-order valence-corrected chi connectivity index (χ3v) is 6.68. The standard InChI is InChI=1S/C13H15Cl2NO4S/c1-8-9(13(17)18)4-3-7-16(8)21(19,20)12-10(14)5-2-6-11(12)15/h2,5-6,8-9H,3-4,7H2,1H3,(H,17,18)/t8-,9-/m1/s1. The maximum Gasteiger partial charge on any atom is 0.308 e. The van der Waals surface area contributed by atoms with Gasteiger partial charge in [-0.3, -0.25) is 4.79 Å². The second-order valence-corrected chi connectivity index (χ2v) is 7.64. The molecule has 0 aliphatic carbocycles. The molecule has 0 radical (unpaired) electrons. The lowest BCUT2D eigenvalue weighted by atomic mass is 9.92. The van der Waals surface area contributed by atoms with Gasteiger partial charge in [0.2, 0.25) is 10.0 Å². The number of sulfonamides is 1. The summed E-state index contributed by atoms with van der Waals surface area (Å²) >= 11 is 11.9. The lowest BCUT2D eigenvalue weighted by molar-refractivity contribution is -0.144. The fourth-order valence-electron chi connectivity index (χ4n) is 2.63. The molecule has 0 spiro atoms. The number of hydrogen-bond donors (Lipinski definition) is 1. The molecule has 0 unspecified atom stereocenters. The fraction of sp³-hybridized carbons (Fsp3) is 0.462.